The fourth-order valence-corrected chi connectivity index (χ4v) is 3.92. The van der Waals surface area contributed by atoms with Crippen LogP contribution >= 0.6 is 0 Å². The Hall–Kier alpha value is -2.97. The molecule has 1 fully saturated rings. The van der Waals surface area contributed by atoms with Crippen LogP contribution in [0.5, 0.6) is 11.5 Å². The zero-order valence-electron chi connectivity index (χ0n) is 18.4. The van der Waals surface area contributed by atoms with E-state index >= 15 is 0 Å². The molecule has 2 heterocycles. The number of fused-ring (bicyclic) bond motifs is 1. The normalized spacial score (nSPS) is 17.3. The van der Waals surface area contributed by atoms with Crippen molar-refractivity contribution in [1.82, 2.24) is 15.1 Å². The van der Waals surface area contributed by atoms with E-state index in [1.54, 1.807) is 12.1 Å². The Morgan fingerprint density at radius 3 is 2.45 bits per heavy atom. The van der Waals surface area contributed by atoms with Crippen LogP contribution in [0.3, 0.4) is 0 Å². The summed E-state index contributed by atoms with van der Waals surface area (Å²) in [6.07, 6.45) is 0. The SMILES string of the molecule is CN1CCN([C@H](CNC(=O)Nc2ccc3c(c2)OCO3)c2ccc(N(C)C)cc2)CC1. The van der Waals surface area contributed by atoms with E-state index in [-0.39, 0.29) is 18.9 Å². The molecule has 166 valence electrons. The Labute approximate surface area is 183 Å². The van der Waals surface area contributed by atoms with Crippen LogP contribution in [-0.2, 0) is 0 Å². The van der Waals surface area contributed by atoms with Crippen molar-refractivity contribution in [3.8, 4) is 11.5 Å². The molecule has 8 nitrogen and oxygen atoms in total. The number of nitrogens with one attached hydrogen (secondary N) is 2. The van der Waals surface area contributed by atoms with Gasteiger partial charge >= 0.3 is 6.03 Å². The zero-order chi connectivity index (χ0) is 21.8. The largest absolute Gasteiger partial charge is 0.454 e. The number of likely N-dealkylation sites (N-methyl/N-ethyl adjacent to an activating group) is 1. The van der Waals surface area contributed by atoms with Gasteiger partial charge in [0.15, 0.2) is 11.5 Å². The van der Waals surface area contributed by atoms with Gasteiger partial charge in [0.1, 0.15) is 0 Å². The molecule has 0 saturated carbocycles. The molecule has 2 aromatic carbocycles. The molecule has 0 unspecified atom stereocenters. The maximum Gasteiger partial charge on any atom is 0.319 e. The molecule has 2 aliphatic heterocycles. The minimum absolute atomic E-state index is 0.118. The number of amides is 2. The number of benzene rings is 2. The van der Waals surface area contributed by atoms with E-state index in [2.05, 4.69) is 56.6 Å². The molecule has 0 aromatic heterocycles. The smallest absolute Gasteiger partial charge is 0.319 e. The first-order valence-corrected chi connectivity index (χ1v) is 10.6. The summed E-state index contributed by atoms with van der Waals surface area (Å²) in [7, 11) is 6.22. The third-order valence-corrected chi connectivity index (χ3v) is 5.86. The summed E-state index contributed by atoms with van der Waals surface area (Å²) >= 11 is 0. The van der Waals surface area contributed by atoms with E-state index in [0.717, 1.165) is 31.9 Å². The lowest BCUT2D eigenvalue weighted by atomic mass is 10.0. The first-order chi connectivity index (χ1) is 15.0. The predicted molar refractivity (Wildman–Crippen MR) is 122 cm³/mol. The standard InChI is InChI=1S/C23H31N5O3/c1-26(2)19-7-4-17(5-8-19)20(28-12-10-27(3)11-13-28)15-24-23(29)25-18-6-9-21-22(14-18)31-16-30-21/h4-9,14,20H,10-13,15-16H2,1-3H3,(H2,24,25,29)/t20-/m1/s1. The lowest BCUT2D eigenvalue weighted by Gasteiger charge is -2.38. The molecule has 31 heavy (non-hydrogen) atoms. The van der Waals surface area contributed by atoms with Crippen molar-refractivity contribution in [3.05, 3.63) is 48.0 Å². The maximum atomic E-state index is 12.6. The number of hydrogen-bond acceptors (Lipinski definition) is 6. The molecule has 0 radical (unpaired) electrons. The number of ether oxygens (including phenoxy) is 2. The lowest BCUT2D eigenvalue weighted by Crippen LogP contribution is -2.48. The van der Waals surface area contributed by atoms with Gasteiger partial charge in [-0.1, -0.05) is 12.1 Å². The monoisotopic (exact) mass is 425 g/mol. The zero-order valence-corrected chi connectivity index (χ0v) is 18.4. The van der Waals surface area contributed by atoms with Crippen molar-refractivity contribution >= 4 is 17.4 Å². The molecule has 1 atom stereocenters. The van der Waals surface area contributed by atoms with Crippen LogP contribution in [0.25, 0.3) is 0 Å². The van der Waals surface area contributed by atoms with E-state index < -0.39 is 0 Å². The number of piperazine rings is 1. The van der Waals surface area contributed by atoms with Gasteiger partial charge in [0.2, 0.25) is 6.79 Å². The lowest BCUT2D eigenvalue weighted by molar-refractivity contribution is 0.111. The molecule has 0 aliphatic carbocycles. The van der Waals surface area contributed by atoms with Gasteiger partial charge in [0, 0.05) is 64.3 Å². The fraction of sp³-hybridized carbons (Fsp3) is 0.435. The van der Waals surface area contributed by atoms with Crippen molar-refractivity contribution in [1.29, 1.82) is 0 Å². The minimum atomic E-state index is -0.233. The highest BCUT2D eigenvalue weighted by Gasteiger charge is 2.24. The Bertz CT molecular complexity index is 895. The van der Waals surface area contributed by atoms with Crippen molar-refractivity contribution in [3.63, 3.8) is 0 Å². The van der Waals surface area contributed by atoms with Crippen LogP contribution in [-0.4, -0.2) is 76.5 Å². The summed E-state index contributed by atoms with van der Waals surface area (Å²) in [4.78, 5) is 19.5. The molecule has 2 amide bonds. The number of carbonyl (C=O) groups is 1. The average Bonchev–Trinajstić information content (AvgIpc) is 3.23. The van der Waals surface area contributed by atoms with E-state index in [1.165, 1.54) is 5.56 Å². The summed E-state index contributed by atoms with van der Waals surface area (Å²) < 4.78 is 10.7. The highest BCUT2D eigenvalue weighted by atomic mass is 16.7. The van der Waals surface area contributed by atoms with Crippen molar-refractivity contribution in [2.75, 3.05) is 70.9 Å². The Morgan fingerprint density at radius 1 is 1.03 bits per heavy atom. The van der Waals surface area contributed by atoms with E-state index in [1.807, 2.05) is 20.2 Å². The van der Waals surface area contributed by atoms with Gasteiger partial charge in [-0.25, -0.2) is 4.79 Å². The predicted octanol–water partition coefficient (Wildman–Crippen LogP) is 2.59. The van der Waals surface area contributed by atoms with Gasteiger partial charge in [0.25, 0.3) is 0 Å². The molecule has 2 N–H and O–H groups in total. The van der Waals surface area contributed by atoms with Crippen LogP contribution in [0.2, 0.25) is 0 Å². The Balaban J connectivity index is 1.42. The van der Waals surface area contributed by atoms with E-state index in [4.69, 9.17) is 9.47 Å². The second kappa shape index (κ2) is 9.45. The average molecular weight is 426 g/mol. The Morgan fingerprint density at radius 2 is 1.74 bits per heavy atom. The van der Waals surface area contributed by atoms with Crippen molar-refractivity contribution < 1.29 is 14.3 Å². The van der Waals surface area contributed by atoms with Gasteiger partial charge in [0.05, 0.1) is 6.04 Å². The molecule has 2 aromatic rings. The molecule has 2 aliphatic rings. The van der Waals surface area contributed by atoms with Crippen molar-refractivity contribution in [2.24, 2.45) is 0 Å². The van der Waals surface area contributed by atoms with Gasteiger partial charge in [-0.2, -0.15) is 0 Å². The topological polar surface area (TPSA) is 69.3 Å². The van der Waals surface area contributed by atoms with Crippen LogP contribution in [0, 0.1) is 0 Å². The van der Waals surface area contributed by atoms with Gasteiger partial charge in [-0.15, -0.1) is 0 Å². The molecule has 1 saturated heterocycles. The summed E-state index contributed by atoms with van der Waals surface area (Å²) in [6.45, 7) is 4.74. The van der Waals surface area contributed by atoms with E-state index in [9.17, 15) is 4.79 Å². The summed E-state index contributed by atoms with van der Waals surface area (Å²) in [6, 6.07) is 13.9. The molecular weight excluding hydrogens is 394 g/mol. The molecule has 4 rings (SSSR count). The van der Waals surface area contributed by atoms with Crippen LogP contribution in [0.15, 0.2) is 42.5 Å². The van der Waals surface area contributed by atoms with Gasteiger partial charge in [-0.05, 0) is 36.9 Å². The summed E-state index contributed by atoms with van der Waals surface area (Å²) in [5.41, 5.74) is 3.04. The van der Waals surface area contributed by atoms with Crippen LogP contribution in [0.1, 0.15) is 11.6 Å². The number of nitrogens with zero attached hydrogens (tertiary/aromatic N) is 3. The maximum absolute atomic E-state index is 12.6. The number of anilines is 2. The first kappa shape index (κ1) is 21.3. The molecular formula is C23H31N5O3. The third-order valence-electron chi connectivity index (χ3n) is 5.86. The second-order valence-electron chi connectivity index (χ2n) is 8.24. The quantitative estimate of drug-likeness (QED) is 0.742. The summed E-state index contributed by atoms with van der Waals surface area (Å²) in [5, 5.41) is 5.95. The highest BCUT2D eigenvalue weighted by Crippen LogP contribution is 2.34. The molecule has 0 spiro atoms. The number of hydrogen-bond donors (Lipinski definition) is 2. The fourth-order valence-electron chi connectivity index (χ4n) is 3.92. The first-order valence-electron chi connectivity index (χ1n) is 10.6. The number of urea groups is 1. The number of carbonyl (C=O) groups excluding carboxylic acids is 1. The van der Waals surface area contributed by atoms with E-state index in [0.29, 0.717) is 23.7 Å². The highest BCUT2D eigenvalue weighted by molar-refractivity contribution is 5.89. The van der Waals surface area contributed by atoms with Crippen LogP contribution < -0.4 is 25.0 Å². The van der Waals surface area contributed by atoms with Gasteiger partial charge < -0.3 is 29.9 Å². The molecule has 8 heteroatoms. The number of rotatable bonds is 6. The van der Waals surface area contributed by atoms with Crippen molar-refractivity contribution in [2.45, 2.75) is 6.04 Å². The summed E-state index contributed by atoms with van der Waals surface area (Å²) in [5.74, 6) is 1.34. The van der Waals surface area contributed by atoms with Gasteiger partial charge in [-0.3, -0.25) is 4.90 Å². The third kappa shape index (κ3) is 5.21. The minimum Gasteiger partial charge on any atom is -0.454 e. The molecule has 0 bridgehead atoms. The second-order valence-corrected chi connectivity index (χ2v) is 8.24. The Kier molecular flexibility index (Phi) is 6.48. The van der Waals surface area contributed by atoms with Crippen LogP contribution in [0.4, 0.5) is 16.2 Å².